The highest BCUT2D eigenvalue weighted by Gasteiger charge is 2.16. The van der Waals surface area contributed by atoms with Crippen LogP contribution < -0.4 is 0 Å². The van der Waals surface area contributed by atoms with Gasteiger partial charge >= 0.3 is 5.97 Å². The first-order valence-electron chi connectivity index (χ1n) is 6.33. The minimum Gasteiger partial charge on any atom is -0.292 e. The second kappa shape index (κ2) is 7.99. The van der Waals surface area contributed by atoms with Crippen LogP contribution in [-0.4, -0.2) is 22.4 Å². The zero-order valence-corrected chi connectivity index (χ0v) is 13.0. The molecule has 0 aromatic heterocycles. The van der Waals surface area contributed by atoms with Crippen molar-refractivity contribution in [2.75, 3.05) is 0 Å². The Labute approximate surface area is 120 Å². The van der Waals surface area contributed by atoms with Crippen LogP contribution in [0.5, 0.6) is 0 Å². The van der Waals surface area contributed by atoms with Crippen LogP contribution in [0.4, 0.5) is 0 Å². The highest BCUT2D eigenvalue weighted by molar-refractivity contribution is 5.88. The Bertz CT molecular complexity index is 387. The summed E-state index contributed by atoms with van der Waals surface area (Å²) in [5, 5.41) is 7.90. The van der Waals surface area contributed by atoms with Crippen LogP contribution in [0.2, 0.25) is 0 Å². The van der Waals surface area contributed by atoms with E-state index in [1.54, 1.807) is 45.0 Å². The highest BCUT2D eigenvalue weighted by Crippen LogP contribution is 2.09. The summed E-state index contributed by atoms with van der Waals surface area (Å²) in [6.07, 6.45) is 0. The Morgan fingerprint density at radius 1 is 0.950 bits per heavy atom. The molecule has 1 aromatic carbocycles. The van der Waals surface area contributed by atoms with Crippen LogP contribution >= 0.6 is 0 Å². The van der Waals surface area contributed by atoms with E-state index in [0.29, 0.717) is 5.56 Å². The summed E-state index contributed by atoms with van der Waals surface area (Å²) in [6.45, 7) is 10.7. The highest BCUT2D eigenvalue weighted by atomic mass is 17.2. The Kier molecular flexibility index (Phi) is 7.42. The minimum atomic E-state index is -0.482. The first-order chi connectivity index (χ1) is 9.05. The lowest BCUT2D eigenvalue weighted by Crippen LogP contribution is -2.21. The number of rotatable bonds is 2. The maximum absolute atomic E-state index is 11.3. The maximum atomic E-state index is 11.3. The number of carbonyl (C=O) groups excluding carboxylic acids is 1. The lowest BCUT2D eigenvalue weighted by Gasteiger charge is -2.16. The molecule has 0 radical (unpaired) electrons. The summed E-state index contributed by atoms with van der Waals surface area (Å²) >= 11 is 0. The predicted octanol–water partition coefficient (Wildman–Crippen LogP) is 3.85. The van der Waals surface area contributed by atoms with Crippen molar-refractivity contribution >= 4 is 5.97 Å². The molecular weight excluding hydrogens is 260 g/mol. The average Bonchev–Trinajstić information content (AvgIpc) is 2.36. The summed E-state index contributed by atoms with van der Waals surface area (Å²) in [4.78, 5) is 24.8. The lowest BCUT2D eigenvalue weighted by atomic mass is 10.2. The van der Waals surface area contributed by atoms with Crippen LogP contribution in [0.3, 0.4) is 0 Å². The molecule has 0 heterocycles. The van der Waals surface area contributed by atoms with E-state index in [2.05, 4.69) is 9.78 Å². The molecule has 0 unspecified atom stereocenters. The Balaban J connectivity index is 0.000000511. The molecule has 114 valence electrons. The van der Waals surface area contributed by atoms with E-state index in [1.807, 2.05) is 26.8 Å². The van der Waals surface area contributed by atoms with Gasteiger partial charge in [-0.25, -0.2) is 9.68 Å². The predicted molar refractivity (Wildman–Crippen MR) is 76.2 cm³/mol. The second-order valence-electron chi connectivity index (χ2n) is 6.14. The molecule has 0 atom stereocenters. The standard InChI is InChI=1S/C11H14O3.C4H10O2/c1-11(2,3)14-13-10(12)9-7-5-4-6-8-9;1-4(2,3)6-5/h4-8H,1-3H3;5H,1-3H3. The Morgan fingerprint density at radius 3 is 1.75 bits per heavy atom. The van der Waals surface area contributed by atoms with E-state index in [9.17, 15) is 4.79 Å². The molecule has 0 aliphatic rings. The fourth-order valence-corrected chi connectivity index (χ4v) is 0.785. The summed E-state index contributed by atoms with van der Waals surface area (Å²) in [5.41, 5.74) is -0.401. The van der Waals surface area contributed by atoms with E-state index in [-0.39, 0.29) is 0 Å². The third-order valence-corrected chi connectivity index (χ3v) is 1.65. The zero-order chi connectivity index (χ0) is 15.8. The molecule has 0 spiro atoms. The molecule has 0 aliphatic heterocycles. The first kappa shape index (κ1) is 18.6. The number of carbonyl (C=O) groups is 1. The molecule has 0 amide bonds. The van der Waals surface area contributed by atoms with E-state index >= 15 is 0 Å². The number of benzene rings is 1. The van der Waals surface area contributed by atoms with E-state index < -0.39 is 17.2 Å². The van der Waals surface area contributed by atoms with Gasteiger partial charge in [-0.05, 0) is 53.7 Å². The van der Waals surface area contributed by atoms with Crippen molar-refractivity contribution in [1.29, 1.82) is 0 Å². The van der Waals surface area contributed by atoms with Gasteiger partial charge in [0.25, 0.3) is 0 Å². The van der Waals surface area contributed by atoms with Crippen molar-refractivity contribution in [3.8, 4) is 0 Å². The van der Waals surface area contributed by atoms with Crippen LogP contribution in [0.15, 0.2) is 30.3 Å². The summed E-state index contributed by atoms with van der Waals surface area (Å²) in [5.74, 6) is -0.472. The van der Waals surface area contributed by atoms with Crippen molar-refractivity contribution in [2.45, 2.75) is 52.7 Å². The van der Waals surface area contributed by atoms with E-state index in [4.69, 9.17) is 10.1 Å². The minimum absolute atomic E-state index is 0.403. The topological polar surface area (TPSA) is 65.0 Å². The molecule has 1 rings (SSSR count). The summed E-state index contributed by atoms with van der Waals surface area (Å²) in [7, 11) is 0. The molecule has 1 N–H and O–H groups in total. The SMILES string of the molecule is CC(C)(C)OO.CC(C)(C)OOC(=O)c1ccccc1. The van der Waals surface area contributed by atoms with Crippen LogP contribution in [0.25, 0.3) is 0 Å². The smallest absolute Gasteiger partial charge is 0.292 e. The van der Waals surface area contributed by atoms with Gasteiger partial charge in [0.15, 0.2) is 0 Å². The van der Waals surface area contributed by atoms with Gasteiger partial charge in [-0.15, -0.1) is 0 Å². The van der Waals surface area contributed by atoms with Gasteiger partial charge in [0, 0.05) is 0 Å². The lowest BCUT2D eigenvalue weighted by molar-refractivity contribution is -0.306. The number of hydrogen-bond donors (Lipinski definition) is 1. The molecule has 0 fully saturated rings. The van der Waals surface area contributed by atoms with E-state index in [0.717, 1.165) is 0 Å². The van der Waals surface area contributed by atoms with Crippen molar-refractivity contribution in [3.05, 3.63) is 35.9 Å². The molecule has 5 heteroatoms. The summed E-state index contributed by atoms with van der Waals surface area (Å²) in [6, 6.07) is 8.73. The first-order valence-corrected chi connectivity index (χ1v) is 6.33. The van der Waals surface area contributed by atoms with Crippen LogP contribution in [0, 0.1) is 0 Å². The van der Waals surface area contributed by atoms with Crippen molar-refractivity contribution in [1.82, 2.24) is 0 Å². The number of hydrogen-bond acceptors (Lipinski definition) is 5. The fraction of sp³-hybridized carbons (Fsp3) is 0.533. The molecule has 1 aromatic rings. The Morgan fingerprint density at radius 2 is 1.40 bits per heavy atom. The maximum Gasteiger partial charge on any atom is 0.373 e. The van der Waals surface area contributed by atoms with Crippen molar-refractivity contribution < 1.29 is 24.7 Å². The van der Waals surface area contributed by atoms with Crippen LogP contribution in [0.1, 0.15) is 51.9 Å². The largest absolute Gasteiger partial charge is 0.373 e. The fourth-order valence-electron chi connectivity index (χ4n) is 0.785. The molecular formula is C15H24O5. The average molecular weight is 284 g/mol. The van der Waals surface area contributed by atoms with E-state index in [1.165, 1.54) is 0 Å². The zero-order valence-electron chi connectivity index (χ0n) is 13.0. The normalized spacial score (nSPS) is 11.3. The molecule has 5 nitrogen and oxygen atoms in total. The van der Waals surface area contributed by atoms with Gasteiger partial charge in [0.1, 0.15) is 5.60 Å². The van der Waals surface area contributed by atoms with Gasteiger partial charge in [-0.3, -0.25) is 10.1 Å². The molecule has 0 bridgehead atoms. The monoisotopic (exact) mass is 284 g/mol. The van der Waals surface area contributed by atoms with Gasteiger partial charge < -0.3 is 0 Å². The van der Waals surface area contributed by atoms with Gasteiger partial charge in [0.2, 0.25) is 0 Å². The van der Waals surface area contributed by atoms with Crippen molar-refractivity contribution in [3.63, 3.8) is 0 Å². The molecule has 0 saturated heterocycles. The molecule has 0 aliphatic carbocycles. The van der Waals surface area contributed by atoms with Gasteiger partial charge in [-0.2, -0.15) is 4.89 Å². The van der Waals surface area contributed by atoms with Crippen LogP contribution in [-0.2, 0) is 14.7 Å². The summed E-state index contributed by atoms with van der Waals surface area (Å²) < 4.78 is 0. The quantitative estimate of drug-likeness (QED) is 0.660. The van der Waals surface area contributed by atoms with Gasteiger partial charge in [-0.1, -0.05) is 18.2 Å². The van der Waals surface area contributed by atoms with Gasteiger partial charge in [0.05, 0.1) is 11.2 Å². The third-order valence-electron chi connectivity index (χ3n) is 1.65. The Hall–Kier alpha value is -1.43. The molecule has 20 heavy (non-hydrogen) atoms. The van der Waals surface area contributed by atoms with Crippen molar-refractivity contribution in [2.24, 2.45) is 0 Å². The second-order valence-corrected chi connectivity index (χ2v) is 6.14. The molecule has 0 saturated carbocycles. The third kappa shape index (κ3) is 10.5.